The summed E-state index contributed by atoms with van der Waals surface area (Å²) in [4.78, 5) is 0. The Morgan fingerprint density at radius 3 is 1.43 bits per heavy atom. The van der Waals surface area contributed by atoms with Crippen LogP contribution in [0, 0.1) is 0 Å². The third-order valence-electron chi connectivity index (χ3n) is 1.89. The largest absolute Gasteiger partial charge is 0.302 e. The quantitative estimate of drug-likeness (QED) is 0.256. The third kappa shape index (κ3) is 11.3. The Bertz CT molecular complexity index is 459. The molecule has 0 aliphatic rings. The molecule has 1 N–H and O–H groups in total. The highest BCUT2D eigenvalue weighted by atomic mass is 127. The van der Waals surface area contributed by atoms with Crippen molar-refractivity contribution < 1.29 is 48.1 Å². The number of rotatable bonds is 8. The van der Waals surface area contributed by atoms with Crippen LogP contribution in [0.25, 0.3) is 0 Å². The van der Waals surface area contributed by atoms with Crippen LogP contribution in [0.1, 0.15) is 19.3 Å². The van der Waals surface area contributed by atoms with Gasteiger partial charge < -0.3 is 0 Å². The second-order valence-corrected chi connectivity index (χ2v) is 7.47. The van der Waals surface area contributed by atoms with Gasteiger partial charge in [-0.05, 0) is 22.6 Å². The van der Waals surface area contributed by atoms with Crippen LogP contribution in [-0.2, 0) is 10.1 Å². The van der Waals surface area contributed by atoms with Crippen molar-refractivity contribution in [2.45, 2.75) is 41.0 Å². The minimum atomic E-state index is -5.32. The molecule has 0 heterocycles. The molecule has 0 unspecified atom stereocenters. The predicted molar refractivity (Wildman–Crippen MR) is 64.1 cm³/mol. The van der Waals surface area contributed by atoms with Crippen molar-refractivity contribution >= 4 is 32.7 Å². The van der Waals surface area contributed by atoms with E-state index in [9.17, 15) is 43.5 Å². The summed E-state index contributed by atoms with van der Waals surface area (Å²) in [7, 11) is -5.32. The molecule has 0 aromatic rings. The summed E-state index contributed by atoms with van der Waals surface area (Å²) >= 11 is 0.281. The molecule has 0 saturated carbocycles. The average molecular weight is 464 g/mol. The minimum Gasteiger partial charge on any atom is -0.285 e. The Balaban J connectivity index is 4.91. The summed E-state index contributed by atoms with van der Waals surface area (Å²) in [5.74, 6) is -16.5. The highest BCUT2D eigenvalue weighted by molar-refractivity contribution is 14.1. The van der Waals surface area contributed by atoms with Crippen molar-refractivity contribution in [2.24, 2.45) is 0 Å². The van der Waals surface area contributed by atoms with Gasteiger partial charge in [-0.2, -0.15) is 17.2 Å². The van der Waals surface area contributed by atoms with Crippen LogP contribution in [0.4, 0.5) is 35.1 Å². The van der Waals surface area contributed by atoms with E-state index in [4.69, 9.17) is 4.55 Å². The van der Waals surface area contributed by atoms with Gasteiger partial charge in [-0.15, -0.1) is 0 Å². The van der Waals surface area contributed by atoms with E-state index in [1.807, 2.05) is 0 Å². The second kappa shape index (κ2) is 6.29. The zero-order valence-corrected chi connectivity index (χ0v) is 12.9. The zero-order chi connectivity index (χ0) is 17.3. The van der Waals surface area contributed by atoms with Gasteiger partial charge in [0, 0.05) is 0 Å². The Morgan fingerprint density at radius 1 is 0.762 bits per heavy atom. The van der Waals surface area contributed by atoms with Gasteiger partial charge in [0.15, 0.2) is 0 Å². The van der Waals surface area contributed by atoms with Gasteiger partial charge in [-0.25, -0.2) is 26.3 Å². The van der Waals surface area contributed by atoms with E-state index in [2.05, 4.69) is 0 Å². The lowest BCUT2D eigenvalue weighted by atomic mass is 10.0. The summed E-state index contributed by atoms with van der Waals surface area (Å²) in [6.45, 7) is 0. The van der Waals surface area contributed by atoms with Crippen molar-refractivity contribution in [3.63, 3.8) is 0 Å². The first-order valence-corrected chi connectivity index (χ1v) is 7.67. The molecule has 0 rings (SSSR count). The van der Waals surface area contributed by atoms with Crippen LogP contribution in [0.15, 0.2) is 0 Å². The molecule has 0 bridgehead atoms. The van der Waals surface area contributed by atoms with E-state index in [1.165, 1.54) is 0 Å². The number of halogens is 9. The first-order chi connectivity index (χ1) is 8.83. The van der Waals surface area contributed by atoms with Crippen molar-refractivity contribution in [1.82, 2.24) is 0 Å². The van der Waals surface area contributed by atoms with Crippen LogP contribution in [0.3, 0.4) is 0 Å². The van der Waals surface area contributed by atoms with Crippen LogP contribution in [0.5, 0.6) is 0 Å². The molecule has 0 saturated heterocycles. The van der Waals surface area contributed by atoms with E-state index >= 15 is 0 Å². The van der Waals surface area contributed by atoms with Gasteiger partial charge in [0.05, 0.1) is 19.3 Å². The summed E-state index contributed by atoms with van der Waals surface area (Å²) in [5.41, 5.74) is 0. The topological polar surface area (TPSA) is 54.4 Å². The first kappa shape index (κ1) is 21.1. The minimum absolute atomic E-state index is 0.281. The molecule has 21 heavy (non-hydrogen) atoms. The smallest absolute Gasteiger partial charge is 0.285 e. The van der Waals surface area contributed by atoms with Crippen LogP contribution in [0.2, 0.25) is 0 Å². The van der Waals surface area contributed by atoms with E-state index < -0.39 is 56.8 Å². The maximum atomic E-state index is 13.1. The monoisotopic (exact) mass is 464 g/mol. The zero-order valence-electron chi connectivity index (χ0n) is 9.90. The lowest BCUT2D eigenvalue weighted by Gasteiger charge is -2.27. The molecule has 128 valence electrons. The Morgan fingerprint density at radius 2 is 1.10 bits per heavy atom. The summed E-state index contributed by atoms with van der Waals surface area (Å²) in [6, 6.07) is 0. The second-order valence-electron chi connectivity index (χ2n) is 4.44. The van der Waals surface area contributed by atoms with Crippen molar-refractivity contribution in [3.05, 3.63) is 0 Å². The standard InChI is InChI=1S/C8H9F8IO3S/c9-5(10,1-6(11,12)3-8(15,16)17)2-7(13,14)4-21(18,19)20/h1-4H2,(H,18,19,20). The van der Waals surface area contributed by atoms with Gasteiger partial charge in [0.2, 0.25) is 0 Å². The van der Waals surface area contributed by atoms with Gasteiger partial charge >= 0.3 is 3.93 Å². The summed E-state index contributed by atoms with van der Waals surface area (Å²) < 4.78 is 127. The van der Waals surface area contributed by atoms with E-state index in [0.29, 0.717) is 0 Å². The highest BCUT2D eigenvalue weighted by Crippen LogP contribution is 2.44. The van der Waals surface area contributed by atoms with Gasteiger partial charge in [-0.3, -0.25) is 4.55 Å². The Kier molecular flexibility index (Phi) is 6.32. The van der Waals surface area contributed by atoms with Crippen molar-refractivity contribution in [1.29, 1.82) is 0 Å². The van der Waals surface area contributed by atoms with Crippen LogP contribution >= 0.6 is 22.6 Å². The maximum Gasteiger partial charge on any atom is 0.302 e. The van der Waals surface area contributed by atoms with E-state index in [-0.39, 0.29) is 22.6 Å². The SMILES string of the molecule is O=S(=O)(O)CC(F)(F)CC(F)(F)CC(F)(F)CC(F)(F)I. The Labute approximate surface area is 128 Å². The molecule has 0 fully saturated rings. The molecule has 0 aliphatic carbocycles. The number of hydrogen-bond donors (Lipinski definition) is 1. The van der Waals surface area contributed by atoms with Gasteiger partial charge in [-0.1, -0.05) is 0 Å². The number of hydrogen-bond acceptors (Lipinski definition) is 2. The first-order valence-electron chi connectivity index (χ1n) is 4.98. The molecule has 0 aromatic heterocycles. The van der Waals surface area contributed by atoms with Crippen LogP contribution < -0.4 is 0 Å². The fraction of sp³-hybridized carbons (Fsp3) is 1.00. The van der Waals surface area contributed by atoms with E-state index in [0.717, 1.165) is 0 Å². The maximum absolute atomic E-state index is 13.1. The van der Waals surface area contributed by atoms with E-state index in [1.54, 1.807) is 0 Å². The molecular formula is C8H9F8IO3S. The predicted octanol–water partition coefficient (Wildman–Crippen LogP) is 3.98. The molecule has 0 aliphatic heterocycles. The summed E-state index contributed by atoms with van der Waals surface area (Å²) in [6.07, 6.45) is -7.50. The molecule has 0 radical (unpaired) electrons. The van der Waals surface area contributed by atoms with Crippen molar-refractivity contribution in [2.75, 3.05) is 5.75 Å². The van der Waals surface area contributed by atoms with Crippen LogP contribution in [-0.4, -0.2) is 40.4 Å². The van der Waals surface area contributed by atoms with Crippen molar-refractivity contribution in [3.8, 4) is 0 Å². The molecule has 13 heteroatoms. The third-order valence-corrected chi connectivity index (χ3v) is 3.06. The van der Waals surface area contributed by atoms with Gasteiger partial charge in [0.25, 0.3) is 27.9 Å². The molecule has 0 amide bonds. The number of alkyl halides is 9. The summed E-state index contributed by atoms with van der Waals surface area (Å²) in [5, 5.41) is 0. The normalized spacial score (nSPS) is 15.3. The molecule has 0 atom stereocenters. The Hall–Kier alpha value is 0.0800. The lowest BCUT2D eigenvalue weighted by Crippen LogP contribution is -2.39. The molecule has 0 aromatic carbocycles. The lowest BCUT2D eigenvalue weighted by molar-refractivity contribution is -0.162. The van der Waals surface area contributed by atoms with Gasteiger partial charge in [0.1, 0.15) is 5.75 Å². The fourth-order valence-corrected chi connectivity index (χ4v) is 2.69. The highest BCUT2D eigenvalue weighted by Gasteiger charge is 2.53. The average Bonchev–Trinajstić information content (AvgIpc) is 1.83. The molecule has 0 spiro atoms. The molecule has 3 nitrogen and oxygen atoms in total. The molecular weight excluding hydrogens is 455 g/mol. The fourth-order valence-electron chi connectivity index (χ4n) is 1.49.